The monoisotopic (exact) mass is 219 g/mol. The van der Waals surface area contributed by atoms with Crippen LogP contribution in [0.4, 0.5) is 0 Å². The summed E-state index contributed by atoms with van der Waals surface area (Å²) >= 11 is 2.88. The fraction of sp³-hybridized carbons (Fsp3) is 0.333. The predicted molar refractivity (Wildman–Crippen MR) is 49.5 cm³/mol. The number of nitrogens with zero attached hydrogens (tertiary/aromatic N) is 1. The summed E-state index contributed by atoms with van der Waals surface area (Å²) in [6.45, 7) is 1.67. The molecule has 0 saturated heterocycles. The van der Waals surface area contributed by atoms with Gasteiger partial charge in [-0.15, -0.1) is 0 Å². The zero-order valence-corrected chi connectivity index (χ0v) is 7.67. The molecule has 0 spiro atoms. The Balaban J connectivity index is 4.07. The average Bonchev–Trinajstić information content (AvgIpc) is 1.98. The lowest BCUT2D eigenvalue weighted by molar-refractivity contribution is 0.374. The van der Waals surface area contributed by atoms with Gasteiger partial charge in [-0.05, 0) is 22.9 Å². The summed E-state index contributed by atoms with van der Waals surface area (Å²) in [7, 11) is 0. The van der Waals surface area contributed by atoms with Crippen molar-refractivity contribution in [3.8, 4) is 0 Å². The van der Waals surface area contributed by atoms with E-state index in [9.17, 15) is 0 Å². The standard InChI is InChI=1S/C6H10BrN3O/c1-4(5(11)2-8)10-3-6(7)9/h2-4,9,11H,8H2,1H3/b5-2+,9-6?,10-3-/t4-/m1/s1. The average molecular weight is 220 g/mol. The Morgan fingerprint density at radius 3 is 2.73 bits per heavy atom. The maximum Gasteiger partial charge on any atom is 0.132 e. The number of aliphatic hydroxyl groups is 1. The maximum absolute atomic E-state index is 8.98. The molecule has 0 aromatic rings. The van der Waals surface area contributed by atoms with E-state index in [0.717, 1.165) is 6.20 Å². The Morgan fingerprint density at radius 1 is 1.82 bits per heavy atom. The molecule has 0 aliphatic heterocycles. The number of halogens is 1. The van der Waals surface area contributed by atoms with Crippen LogP contribution in [0.2, 0.25) is 0 Å². The lowest BCUT2D eigenvalue weighted by atomic mass is 10.3. The molecule has 0 fully saturated rings. The smallest absolute Gasteiger partial charge is 0.132 e. The van der Waals surface area contributed by atoms with E-state index in [1.54, 1.807) is 6.92 Å². The first-order valence-corrected chi connectivity index (χ1v) is 3.75. The van der Waals surface area contributed by atoms with Gasteiger partial charge < -0.3 is 10.8 Å². The van der Waals surface area contributed by atoms with E-state index in [1.165, 1.54) is 6.21 Å². The number of aliphatic hydroxyl groups excluding tert-OH is 1. The molecule has 5 heteroatoms. The van der Waals surface area contributed by atoms with Gasteiger partial charge in [0.05, 0.1) is 6.21 Å². The summed E-state index contributed by atoms with van der Waals surface area (Å²) in [6, 6.07) is -0.391. The molecule has 0 aromatic heterocycles. The van der Waals surface area contributed by atoms with Gasteiger partial charge in [-0.1, -0.05) is 0 Å². The fourth-order valence-electron chi connectivity index (χ4n) is 0.393. The SMILES string of the molecule is C[C@@H](/N=C\C(=N)Br)/C(O)=C\N. The van der Waals surface area contributed by atoms with Crippen LogP contribution in [0.3, 0.4) is 0 Å². The molecule has 0 unspecified atom stereocenters. The molecule has 0 radical (unpaired) electrons. The second-order valence-corrected chi connectivity index (χ2v) is 2.75. The van der Waals surface area contributed by atoms with Crippen molar-refractivity contribution < 1.29 is 5.11 Å². The summed E-state index contributed by atoms with van der Waals surface area (Å²) in [5, 5.41) is 15.9. The van der Waals surface area contributed by atoms with E-state index in [4.69, 9.17) is 16.2 Å². The third-order valence-corrected chi connectivity index (χ3v) is 1.22. The summed E-state index contributed by atoms with van der Waals surface area (Å²) in [6.07, 6.45) is 2.38. The molecule has 0 aliphatic rings. The van der Waals surface area contributed by atoms with Gasteiger partial charge in [0.2, 0.25) is 0 Å². The topological polar surface area (TPSA) is 82.5 Å². The minimum absolute atomic E-state index is 0.00463. The first kappa shape index (κ1) is 10.2. The number of hydrogen-bond acceptors (Lipinski definition) is 4. The molecule has 0 aromatic carbocycles. The van der Waals surface area contributed by atoms with Gasteiger partial charge in [-0.2, -0.15) is 0 Å². The van der Waals surface area contributed by atoms with Gasteiger partial charge in [0.15, 0.2) is 0 Å². The van der Waals surface area contributed by atoms with Crippen molar-refractivity contribution in [3.05, 3.63) is 12.0 Å². The van der Waals surface area contributed by atoms with Crippen molar-refractivity contribution in [2.45, 2.75) is 13.0 Å². The van der Waals surface area contributed by atoms with Crippen LogP contribution in [0.1, 0.15) is 6.92 Å². The molecule has 4 nitrogen and oxygen atoms in total. The van der Waals surface area contributed by atoms with Gasteiger partial charge in [-0.25, -0.2) is 0 Å². The van der Waals surface area contributed by atoms with Crippen LogP contribution in [0, 0.1) is 5.41 Å². The van der Waals surface area contributed by atoms with E-state index in [1.807, 2.05) is 0 Å². The third-order valence-electron chi connectivity index (χ3n) is 1.01. The molecule has 11 heavy (non-hydrogen) atoms. The van der Waals surface area contributed by atoms with Crippen molar-refractivity contribution in [1.29, 1.82) is 5.41 Å². The van der Waals surface area contributed by atoms with Gasteiger partial charge in [0, 0.05) is 6.20 Å². The van der Waals surface area contributed by atoms with Gasteiger partial charge >= 0.3 is 0 Å². The zero-order valence-electron chi connectivity index (χ0n) is 6.08. The van der Waals surface area contributed by atoms with Gasteiger partial charge in [-0.3, -0.25) is 10.4 Å². The second-order valence-electron chi connectivity index (χ2n) is 1.89. The van der Waals surface area contributed by atoms with Crippen molar-refractivity contribution in [3.63, 3.8) is 0 Å². The van der Waals surface area contributed by atoms with E-state index in [0.29, 0.717) is 0 Å². The molecular formula is C6H10BrN3O. The first-order chi connectivity index (χ1) is 5.07. The Bertz CT molecular complexity index is 200. The van der Waals surface area contributed by atoms with E-state index < -0.39 is 6.04 Å². The van der Waals surface area contributed by atoms with Crippen LogP contribution in [-0.2, 0) is 0 Å². The molecule has 0 bridgehead atoms. The van der Waals surface area contributed by atoms with Crippen LogP contribution in [0.25, 0.3) is 0 Å². The van der Waals surface area contributed by atoms with E-state index >= 15 is 0 Å². The quantitative estimate of drug-likeness (QED) is 0.492. The summed E-state index contributed by atoms with van der Waals surface area (Å²) < 4.78 is 0.161. The Kier molecular flexibility index (Phi) is 4.52. The first-order valence-electron chi connectivity index (χ1n) is 2.96. The van der Waals surface area contributed by atoms with E-state index in [-0.39, 0.29) is 10.4 Å². The molecular weight excluding hydrogens is 210 g/mol. The van der Waals surface area contributed by atoms with E-state index in [2.05, 4.69) is 20.9 Å². The summed E-state index contributed by atoms with van der Waals surface area (Å²) in [5.41, 5.74) is 5.03. The molecule has 4 N–H and O–H groups in total. The van der Waals surface area contributed by atoms with Crippen molar-refractivity contribution >= 4 is 26.8 Å². The molecule has 0 heterocycles. The largest absolute Gasteiger partial charge is 0.509 e. The van der Waals surface area contributed by atoms with Gasteiger partial charge in [0.25, 0.3) is 0 Å². The molecule has 0 saturated carbocycles. The summed E-state index contributed by atoms with van der Waals surface area (Å²) in [5.74, 6) is -0.00463. The Hall–Kier alpha value is -0.840. The van der Waals surface area contributed by atoms with Crippen LogP contribution in [0.5, 0.6) is 0 Å². The highest BCUT2D eigenvalue weighted by Crippen LogP contribution is 1.99. The molecule has 0 rings (SSSR count). The highest BCUT2D eigenvalue weighted by molar-refractivity contribution is 9.19. The fourth-order valence-corrected chi connectivity index (χ4v) is 0.511. The van der Waals surface area contributed by atoms with Crippen LogP contribution >= 0.6 is 15.9 Å². The molecule has 0 aliphatic carbocycles. The number of nitrogens with one attached hydrogen (secondary N) is 1. The van der Waals surface area contributed by atoms with Crippen LogP contribution in [-0.4, -0.2) is 22.0 Å². The Labute approximate surface area is 73.5 Å². The number of nitrogens with two attached hydrogens (primary N) is 1. The third kappa shape index (κ3) is 4.55. The van der Waals surface area contributed by atoms with Crippen LogP contribution in [0.15, 0.2) is 17.0 Å². The summed E-state index contributed by atoms with van der Waals surface area (Å²) in [4.78, 5) is 3.80. The highest BCUT2D eigenvalue weighted by Gasteiger charge is 2.01. The predicted octanol–water partition coefficient (Wildman–Crippen LogP) is 1.18. The van der Waals surface area contributed by atoms with Crippen molar-refractivity contribution in [1.82, 2.24) is 0 Å². The Morgan fingerprint density at radius 2 is 2.36 bits per heavy atom. The number of aliphatic imine (C=N–C) groups is 1. The minimum Gasteiger partial charge on any atom is -0.509 e. The molecule has 0 amide bonds. The minimum atomic E-state index is -0.391. The molecule has 1 atom stereocenters. The zero-order chi connectivity index (χ0) is 8.85. The van der Waals surface area contributed by atoms with Crippen molar-refractivity contribution in [2.75, 3.05) is 0 Å². The number of hydrogen-bond donors (Lipinski definition) is 3. The highest BCUT2D eigenvalue weighted by atomic mass is 79.9. The second kappa shape index (κ2) is 4.90. The van der Waals surface area contributed by atoms with Crippen LogP contribution < -0.4 is 5.73 Å². The lowest BCUT2D eigenvalue weighted by Gasteiger charge is -2.02. The lowest BCUT2D eigenvalue weighted by Crippen LogP contribution is -2.05. The maximum atomic E-state index is 8.98. The van der Waals surface area contributed by atoms with Gasteiger partial charge in [0.1, 0.15) is 16.4 Å². The molecule has 62 valence electrons. The van der Waals surface area contributed by atoms with Crippen molar-refractivity contribution in [2.24, 2.45) is 10.7 Å². The normalized spacial score (nSPS) is 15.3. The number of rotatable bonds is 3.